The first kappa shape index (κ1) is 15.3. The molecule has 0 bridgehead atoms. The Balaban J connectivity index is 2.39. The number of halogens is 1. The molecule has 0 unspecified atom stereocenters. The molecule has 0 amide bonds. The summed E-state index contributed by atoms with van der Waals surface area (Å²) in [5.74, 6) is 1.31. The summed E-state index contributed by atoms with van der Waals surface area (Å²) < 4.78 is 28.3. The standard InChI is InChI=1S/C13H19ClO3S/c1-18(15,16)13-8-6-7-12(11-13)17-10-5-3-2-4-9-14/h6-8,11H,2-5,9-10H2,1H3. The third-order valence-electron chi connectivity index (χ3n) is 2.53. The van der Waals surface area contributed by atoms with E-state index in [0.717, 1.165) is 25.7 Å². The summed E-state index contributed by atoms with van der Waals surface area (Å²) in [6.07, 6.45) is 5.37. The van der Waals surface area contributed by atoms with Gasteiger partial charge in [0.25, 0.3) is 0 Å². The number of alkyl halides is 1. The van der Waals surface area contributed by atoms with Gasteiger partial charge >= 0.3 is 0 Å². The number of rotatable bonds is 8. The van der Waals surface area contributed by atoms with E-state index in [1.807, 2.05) is 0 Å². The lowest BCUT2D eigenvalue weighted by Crippen LogP contribution is -2.00. The molecule has 0 atom stereocenters. The molecule has 0 saturated carbocycles. The van der Waals surface area contributed by atoms with Crippen molar-refractivity contribution in [1.29, 1.82) is 0 Å². The first-order chi connectivity index (χ1) is 8.54. The van der Waals surface area contributed by atoms with E-state index < -0.39 is 9.84 Å². The molecule has 0 radical (unpaired) electrons. The summed E-state index contributed by atoms with van der Waals surface area (Å²) in [5.41, 5.74) is 0. The van der Waals surface area contributed by atoms with Crippen LogP contribution in [0.25, 0.3) is 0 Å². The van der Waals surface area contributed by atoms with Crippen molar-refractivity contribution in [2.24, 2.45) is 0 Å². The van der Waals surface area contributed by atoms with Gasteiger partial charge in [-0.25, -0.2) is 8.42 Å². The molecular weight excluding hydrogens is 272 g/mol. The van der Waals surface area contributed by atoms with E-state index in [9.17, 15) is 8.42 Å². The minimum atomic E-state index is -3.16. The first-order valence-electron chi connectivity index (χ1n) is 6.03. The Morgan fingerprint density at radius 2 is 1.89 bits per heavy atom. The molecule has 0 N–H and O–H groups in total. The molecule has 1 aromatic carbocycles. The SMILES string of the molecule is CS(=O)(=O)c1cccc(OCCCCCCCl)c1. The van der Waals surface area contributed by atoms with E-state index in [1.54, 1.807) is 24.3 Å². The van der Waals surface area contributed by atoms with E-state index in [4.69, 9.17) is 16.3 Å². The van der Waals surface area contributed by atoms with Crippen LogP contribution in [-0.2, 0) is 9.84 Å². The van der Waals surface area contributed by atoms with Gasteiger partial charge < -0.3 is 4.74 Å². The minimum Gasteiger partial charge on any atom is -0.494 e. The fourth-order valence-electron chi connectivity index (χ4n) is 1.53. The molecule has 5 heteroatoms. The Kier molecular flexibility index (Phi) is 6.50. The average Bonchev–Trinajstić information content (AvgIpc) is 2.33. The number of benzene rings is 1. The third-order valence-corrected chi connectivity index (χ3v) is 3.91. The van der Waals surface area contributed by atoms with Crippen LogP contribution in [0.5, 0.6) is 5.75 Å². The highest BCUT2D eigenvalue weighted by Crippen LogP contribution is 2.17. The average molecular weight is 291 g/mol. The van der Waals surface area contributed by atoms with Crippen LogP contribution in [0.15, 0.2) is 29.2 Å². The van der Waals surface area contributed by atoms with E-state index in [0.29, 0.717) is 23.1 Å². The van der Waals surface area contributed by atoms with E-state index in [2.05, 4.69) is 0 Å². The molecule has 0 aliphatic rings. The van der Waals surface area contributed by atoms with Crippen LogP contribution in [-0.4, -0.2) is 27.2 Å². The molecule has 0 spiro atoms. The van der Waals surface area contributed by atoms with Crippen LogP contribution >= 0.6 is 11.6 Å². The van der Waals surface area contributed by atoms with Gasteiger partial charge in [-0.2, -0.15) is 0 Å². The van der Waals surface area contributed by atoms with E-state index in [1.165, 1.54) is 6.26 Å². The second-order valence-corrected chi connectivity index (χ2v) is 6.59. The van der Waals surface area contributed by atoms with Gasteiger partial charge in [-0.1, -0.05) is 18.9 Å². The molecule has 0 aromatic heterocycles. The van der Waals surface area contributed by atoms with Crippen molar-refractivity contribution in [1.82, 2.24) is 0 Å². The number of sulfone groups is 1. The predicted octanol–water partition coefficient (Wildman–Crippen LogP) is 3.27. The van der Waals surface area contributed by atoms with Crippen molar-refractivity contribution in [3.05, 3.63) is 24.3 Å². The zero-order valence-corrected chi connectivity index (χ0v) is 12.1. The van der Waals surface area contributed by atoms with Gasteiger partial charge in [0.1, 0.15) is 5.75 Å². The van der Waals surface area contributed by atoms with Gasteiger partial charge in [0, 0.05) is 12.1 Å². The van der Waals surface area contributed by atoms with E-state index in [-0.39, 0.29) is 0 Å². The summed E-state index contributed by atoms with van der Waals surface area (Å²) in [5, 5.41) is 0. The molecule has 0 saturated heterocycles. The Morgan fingerprint density at radius 3 is 2.56 bits per heavy atom. The molecule has 0 fully saturated rings. The van der Waals surface area contributed by atoms with Crippen molar-refractivity contribution >= 4 is 21.4 Å². The Morgan fingerprint density at radius 1 is 1.17 bits per heavy atom. The highest BCUT2D eigenvalue weighted by Gasteiger charge is 2.07. The molecular formula is C13H19ClO3S. The fourth-order valence-corrected chi connectivity index (χ4v) is 2.38. The molecule has 3 nitrogen and oxygen atoms in total. The summed E-state index contributed by atoms with van der Waals surface area (Å²) in [6.45, 7) is 0.607. The van der Waals surface area contributed by atoms with Gasteiger partial charge in [0.05, 0.1) is 11.5 Å². The van der Waals surface area contributed by atoms with Crippen LogP contribution in [0.4, 0.5) is 0 Å². The van der Waals surface area contributed by atoms with E-state index >= 15 is 0 Å². The molecule has 1 aromatic rings. The molecule has 18 heavy (non-hydrogen) atoms. The van der Waals surface area contributed by atoms with Crippen molar-refractivity contribution in [3.8, 4) is 5.75 Å². The lowest BCUT2D eigenvalue weighted by Gasteiger charge is -2.07. The Hall–Kier alpha value is -0.740. The smallest absolute Gasteiger partial charge is 0.175 e. The normalized spacial score (nSPS) is 11.4. The van der Waals surface area contributed by atoms with Gasteiger partial charge in [-0.05, 0) is 31.0 Å². The number of unbranched alkanes of at least 4 members (excludes halogenated alkanes) is 3. The second kappa shape index (κ2) is 7.64. The summed E-state index contributed by atoms with van der Waals surface area (Å²) >= 11 is 5.58. The highest BCUT2D eigenvalue weighted by molar-refractivity contribution is 7.90. The van der Waals surface area contributed by atoms with Crippen LogP contribution < -0.4 is 4.74 Å². The van der Waals surface area contributed by atoms with Gasteiger partial charge in [-0.3, -0.25) is 0 Å². The molecule has 1 rings (SSSR count). The highest BCUT2D eigenvalue weighted by atomic mass is 35.5. The molecule has 0 aliphatic heterocycles. The van der Waals surface area contributed by atoms with Crippen molar-refractivity contribution < 1.29 is 13.2 Å². The maximum Gasteiger partial charge on any atom is 0.175 e. The fraction of sp³-hybridized carbons (Fsp3) is 0.538. The number of hydrogen-bond donors (Lipinski definition) is 0. The summed E-state index contributed by atoms with van der Waals surface area (Å²) in [6, 6.07) is 6.60. The summed E-state index contributed by atoms with van der Waals surface area (Å²) in [4.78, 5) is 0.294. The van der Waals surface area contributed by atoms with Crippen molar-refractivity contribution in [3.63, 3.8) is 0 Å². The third kappa shape index (κ3) is 5.74. The lowest BCUT2D eigenvalue weighted by atomic mass is 10.2. The maximum absolute atomic E-state index is 11.4. The second-order valence-electron chi connectivity index (χ2n) is 4.20. The maximum atomic E-state index is 11.4. The lowest BCUT2D eigenvalue weighted by molar-refractivity contribution is 0.304. The van der Waals surface area contributed by atoms with Crippen LogP contribution in [0, 0.1) is 0 Å². The van der Waals surface area contributed by atoms with Gasteiger partial charge in [-0.15, -0.1) is 11.6 Å². The predicted molar refractivity (Wildman–Crippen MR) is 74.2 cm³/mol. The van der Waals surface area contributed by atoms with Crippen LogP contribution in [0.1, 0.15) is 25.7 Å². The zero-order chi connectivity index (χ0) is 13.4. The Labute approximate surface area is 114 Å². The topological polar surface area (TPSA) is 43.4 Å². The van der Waals surface area contributed by atoms with Gasteiger partial charge in [0.2, 0.25) is 0 Å². The monoisotopic (exact) mass is 290 g/mol. The molecule has 102 valence electrons. The number of hydrogen-bond acceptors (Lipinski definition) is 3. The number of ether oxygens (including phenoxy) is 1. The minimum absolute atomic E-state index is 0.294. The summed E-state index contributed by atoms with van der Waals surface area (Å²) in [7, 11) is -3.16. The first-order valence-corrected chi connectivity index (χ1v) is 8.45. The molecule has 0 aliphatic carbocycles. The quantitative estimate of drug-likeness (QED) is 0.545. The van der Waals surface area contributed by atoms with Crippen molar-refractivity contribution in [2.45, 2.75) is 30.6 Å². The Bertz CT molecular complexity index is 457. The van der Waals surface area contributed by atoms with Crippen molar-refractivity contribution in [2.75, 3.05) is 18.7 Å². The zero-order valence-electron chi connectivity index (χ0n) is 10.6. The van der Waals surface area contributed by atoms with Crippen LogP contribution in [0.2, 0.25) is 0 Å². The van der Waals surface area contributed by atoms with Gasteiger partial charge in [0.15, 0.2) is 9.84 Å². The largest absolute Gasteiger partial charge is 0.494 e. The van der Waals surface area contributed by atoms with Crippen LogP contribution in [0.3, 0.4) is 0 Å². The molecule has 0 heterocycles.